The van der Waals surface area contributed by atoms with E-state index in [1.165, 1.54) is 83.5 Å². The molecule has 10 heteroatoms. The number of aliphatic hydroxyl groups excluding tert-OH is 1. The molecule has 0 fully saturated rings. The fourth-order valence-electron chi connectivity index (χ4n) is 5.65. The second kappa shape index (κ2) is 38.7. The number of likely N-dealkylation sites (N-methyl/N-ethyl adjacent to an activating group) is 1. The molecule has 0 aromatic carbocycles. The number of hydrogen-bond donors (Lipinski definition) is 2. The molecule has 0 bridgehead atoms. The van der Waals surface area contributed by atoms with E-state index in [1.807, 2.05) is 39.4 Å². The van der Waals surface area contributed by atoms with E-state index in [0.717, 1.165) is 44.9 Å². The minimum Gasteiger partial charge on any atom is -0.457 e. The molecule has 56 heavy (non-hydrogen) atoms. The van der Waals surface area contributed by atoms with Crippen LogP contribution in [0.4, 0.5) is 0 Å². The molecule has 326 valence electrons. The van der Waals surface area contributed by atoms with Gasteiger partial charge in [0.05, 0.1) is 40.5 Å². The highest BCUT2D eigenvalue weighted by Gasteiger charge is 2.26. The molecule has 0 aliphatic heterocycles. The summed E-state index contributed by atoms with van der Waals surface area (Å²) >= 11 is 0. The van der Waals surface area contributed by atoms with Crippen molar-refractivity contribution in [2.24, 2.45) is 0 Å². The van der Waals surface area contributed by atoms with Crippen LogP contribution >= 0.6 is 7.82 Å². The molecular weight excluding hydrogens is 725 g/mol. The first-order chi connectivity index (χ1) is 27.0. The van der Waals surface area contributed by atoms with Crippen LogP contribution in [0.5, 0.6) is 0 Å². The summed E-state index contributed by atoms with van der Waals surface area (Å²) in [6.07, 6.45) is 44.3. The monoisotopic (exact) mass is 811 g/mol. The maximum atomic E-state index is 12.7. The lowest BCUT2D eigenvalue weighted by Gasteiger charge is -2.24. The van der Waals surface area contributed by atoms with E-state index < -0.39 is 26.0 Å². The summed E-state index contributed by atoms with van der Waals surface area (Å²) in [4.78, 5) is 22.9. The number of allylic oxidation sites excluding steroid dienone is 9. The third kappa shape index (κ3) is 41.8. The number of rotatable bonds is 40. The second-order valence-corrected chi connectivity index (χ2v) is 17.4. The van der Waals surface area contributed by atoms with Gasteiger partial charge >= 0.3 is 13.8 Å². The molecule has 0 radical (unpaired) electrons. The summed E-state index contributed by atoms with van der Waals surface area (Å²) in [5, 5.41) is 10.3. The number of quaternary nitrogens is 1. The van der Waals surface area contributed by atoms with E-state index in [4.69, 9.17) is 18.5 Å². The molecule has 0 aromatic rings. The Hall–Kier alpha value is -1.84. The van der Waals surface area contributed by atoms with Crippen LogP contribution in [-0.4, -0.2) is 86.8 Å². The number of esters is 1. The minimum atomic E-state index is -4.33. The normalized spacial score (nSPS) is 14.9. The summed E-state index contributed by atoms with van der Waals surface area (Å²) in [5.41, 5.74) is 0. The average molecular weight is 811 g/mol. The van der Waals surface area contributed by atoms with E-state index in [9.17, 15) is 19.4 Å². The number of unbranched alkanes of at least 4 members (excludes halogenated alkanes) is 15. The summed E-state index contributed by atoms with van der Waals surface area (Å²) in [6, 6.07) is 0. The summed E-state index contributed by atoms with van der Waals surface area (Å²) in [5.74, 6) is -0.475. The number of phosphoric acid groups is 1. The van der Waals surface area contributed by atoms with Crippen molar-refractivity contribution in [2.45, 2.75) is 174 Å². The van der Waals surface area contributed by atoms with Crippen molar-refractivity contribution in [1.82, 2.24) is 0 Å². The molecule has 0 aliphatic carbocycles. The summed E-state index contributed by atoms with van der Waals surface area (Å²) < 4.78 is 34.8. The highest BCUT2D eigenvalue weighted by molar-refractivity contribution is 7.47. The summed E-state index contributed by atoms with van der Waals surface area (Å²) in [6.45, 7) is 5.29. The molecule has 9 nitrogen and oxygen atoms in total. The fourth-order valence-corrected chi connectivity index (χ4v) is 6.39. The Balaban J connectivity index is 4.46. The van der Waals surface area contributed by atoms with Gasteiger partial charge in [-0.1, -0.05) is 145 Å². The third-order valence-electron chi connectivity index (χ3n) is 9.16. The predicted molar refractivity (Wildman–Crippen MR) is 235 cm³/mol. The van der Waals surface area contributed by atoms with Gasteiger partial charge in [0.25, 0.3) is 0 Å². The van der Waals surface area contributed by atoms with Crippen molar-refractivity contribution in [1.29, 1.82) is 0 Å². The maximum absolute atomic E-state index is 12.7. The zero-order valence-corrected chi connectivity index (χ0v) is 37.4. The first kappa shape index (κ1) is 54.2. The van der Waals surface area contributed by atoms with E-state index >= 15 is 0 Å². The van der Waals surface area contributed by atoms with Gasteiger partial charge in [-0.2, -0.15) is 0 Å². The third-order valence-corrected chi connectivity index (χ3v) is 10.1. The van der Waals surface area contributed by atoms with Gasteiger partial charge in [0.2, 0.25) is 0 Å². The molecule has 0 amide bonds. The number of hydrogen-bond acceptors (Lipinski definition) is 7. The van der Waals surface area contributed by atoms with Crippen LogP contribution in [0.15, 0.2) is 60.8 Å². The van der Waals surface area contributed by atoms with Crippen LogP contribution in [0.2, 0.25) is 0 Å². The second-order valence-electron chi connectivity index (χ2n) is 15.9. The standard InChI is InChI=1S/C46H84NO8P/c1-6-8-10-12-14-16-18-20-21-22-24-26-28-30-32-34-40-52-42-45(43-54-56(50,51)53-41-39-47(3,4)5)55-46(49)38-35-37-44(48)36-33-31-29-27-25-23-19-17-15-13-11-9-7-2/h15,17,20-21,23,25,29,31,33,36,44-45,48H,6-14,16,18-19,22,24,26-28,30,32,34-35,37-43H2,1-5H3/p+1/b17-15+,21-20-,25-23+,31-29+,36-33+. The lowest BCUT2D eigenvalue weighted by Crippen LogP contribution is -2.37. The van der Waals surface area contributed by atoms with Gasteiger partial charge in [0.15, 0.2) is 0 Å². The number of carbonyl (C=O) groups is 1. The van der Waals surface area contributed by atoms with Crippen molar-refractivity contribution >= 4 is 13.8 Å². The van der Waals surface area contributed by atoms with E-state index in [-0.39, 0.29) is 26.2 Å². The molecule has 3 unspecified atom stereocenters. The van der Waals surface area contributed by atoms with Gasteiger partial charge in [-0.3, -0.25) is 13.8 Å². The molecular formula is C46H85NO8P+. The van der Waals surface area contributed by atoms with Crippen LogP contribution in [0, 0.1) is 0 Å². The van der Waals surface area contributed by atoms with Crippen molar-refractivity contribution in [3.8, 4) is 0 Å². The van der Waals surface area contributed by atoms with Gasteiger partial charge < -0.3 is 24.0 Å². The number of ether oxygens (including phenoxy) is 2. The highest BCUT2D eigenvalue weighted by Crippen LogP contribution is 2.43. The van der Waals surface area contributed by atoms with E-state index in [0.29, 0.717) is 30.5 Å². The first-order valence-corrected chi connectivity index (χ1v) is 23.6. The molecule has 2 N–H and O–H groups in total. The van der Waals surface area contributed by atoms with Gasteiger partial charge in [0.1, 0.15) is 19.3 Å². The zero-order valence-electron chi connectivity index (χ0n) is 36.5. The van der Waals surface area contributed by atoms with Gasteiger partial charge in [-0.25, -0.2) is 4.57 Å². The molecule has 0 heterocycles. The Morgan fingerprint density at radius 2 is 1.18 bits per heavy atom. The smallest absolute Gasteiger partial charge is 0.457 e. The molecule has 0 aromatic heterocycles. The Bertz CT molecular complexity index is 1100. The molecule has 0 spiro atoms. The molecule has 0 saturated carbocycles. The molecule has 0 rings (SSSR count). The Morgan fingerprint density at radius 3 is 1.82 bits per heavy atom. The summed E-state index contributed by atoms with van der Waals surface area (Å²) in [7, 11) is 1.54. The number of nitrogens with zero attached hydrogens (tertiary/aromatic N) is 1. The first-order valence-electron chi connectivity index (χ1n) is 22.1. The Kier molecular flexibility index (Phi) is 37.4. The fraction of sp³-hybridized carbons (Fsp3) is 0.761. The van der Waals surface area contributed by atoms with Gasteiger partial charge in [0, 0.05) is 13.0 Å². The zero-order chi connectivity index (χ0) is 41.4. The van der Waals surface area contributed by atoms with Crippen LogP contribution in [-0.2, 0) is 27.9 Å². The maximum Gasteiger partial charge on any atom is 0.472 e. The highest BCUT2D eigenvalue weighted by atomic mass is 31.2. The lowest BCUT2D eigenvalue weighted by atomic mass is 10.1. The van der Waals surface area contributed by atoms with Crippen LogP contribution in [0.3, 0.4) is 0 Å². The molecule has 0 saturated heterocycles. The number of carbonyl (C=O) groups excluding carboxylic acids is 1. The topological polar surface area (TPSA) is 112 Å². The molecule has 3 atom stereocenters. The largest absolute Gasteiger partial charge is 0.472 e. The van der Waals surface area contributed by atoms with E-state index in [1.54, 1.807) is 6.08 Å². The quantitative estimate of drug-likeness (QED) is 0.0157. The Morgan fingerprint density at radius 1 is 0.643 bits per heavy atom. The average Bonchev–Trinajstić information content (AvgIpc) is 3.14. The number of phosphoric ester groups is 1. The Labute approximate surface area is 343 Å². The van der Waals surface area contributed by atoms with Crippen molar-refractivity contribution < 1.29 is 42.4 Å². The van der Waals surface area contributed by atoms with Crippen LogP contribution in [0.1, 0.15) is 162 Å². The lowest BCUT2D eigenvalue weighted by molar-refractivity contribution is -0.870. The number of aliphatic hydroxyl groups is 1. The van der Waals surface area contributed by atoms with Gasteiger partial charge in [-0.15, -0.1) is 0 Å². The van der Waals surface area contributed by atoms with E-state index in [2.05, 4.69) is 50.3 Å². The van der Waals surface area contributed by atoms with Crippen molar-refractivity contribution in [3.05, 3.63) is 60.8 Å². The van der Waals surface area contributed by atoms with Crippen LogP contribution in [0.25, 0.3) is 0 Å². The predicted octanol–water partition coefficient (Wildman–Crippen LogP) is 11.9. The van der Waals surface area contributed by atoms with Crippen molar-refractivity contribution in [3.63, 3.8) is 0 Å². The van der Waals surface area contributed by atoms with Crippen LogP contribution < -0.4 is 0 Å². The SMILES string of the molecule is CCCCC/C=C/C/C=C/C/C=C/C=C/C(O)CCCC(=O)OC(COCCCCCCCC/C=C\CCCCCCCC)COP(=O)(O)OCC[N+](C)(C)C. The minimum absolute atomic E-state index is 0.0505. The van der Waals surface area contributed by atoms with Crippen molar-refractivity contribution in [2.75, 3.05) is 54.1 Å². The van der Waals surface area contributed by atoms with Gasteiger partial charge in [-0.05, 0) is 70.6 Å². The molecule has 0 aliphatic rings.